The van der Waals surface area contributed by atoms with Crippen LogP contribution in [0.3, 0.4) is 0 Å². The van der Waals surface area contributed by atoms with Crippen LogP contribution in [-0.2, 0) is 10.0 Å². The van der Waals surface area contributed by atoms with Crippen LogP contribution in [0.1, 0.15) is 25.3 Å². The van der Waals surface area contributed by atoms with Gasteiger partial charge in [-0.1, -0.05) is 0 Å². The van der Waals surface area contributed by atoms with E-state index in [1.165, 1.54) is 18.2 Å². The van der Waals surface area contributed by atoms with Gasteiger partial charge in [0.1, 0.15) is 5.82 Å². The number of nitrogens with one attached hydrogen (secondary N) is 2. The van der Waals surface area contributed by atoms with Crippen molar-refractivity contribution in [1.82, 2.24) is 10.0 Å². The number of piperidine rings is 1. The van der Waals surface area contributed by atoms with Gasteiger partial charge in [0.25, 0.3) is 0 Å². The molecular weight excluding hydrogens is 267 g/mol. The van der Waals surface area contributed by atoms with Crippen LogP contribution < -0.4 is 10.0 Å². The largest absolute Gasteiger partial charge is 0.317 e. The van der Waals surface area contributed by atoms with E-state index in [2.05, 4.69) is 10.0 Å². The first-order chi connectivity index (χ1) is 8.82. The first-order valence-corrected chi connectivity index (χ1v) is 7.82. The number of halogens is 1. The van der Waals surface area contributed by atoms with Gasteiger partial charge in [0.05, 0.1) is 4.90 Å². The predicted molar refractivity (Wildman–Crippen MR) is 72.0 cm³/mol. The summed E-state index contributed by atoms with van der Waals surface area (Å²) >= 11 is 0. The SMILES string of the molecule is Cc1cc(F)ccc1S(=O)(=O)NC1(C)CCNCC1. The van der Waals surface area contributed by atoms with Crippen LogP contribution in [0.4, 0.5) is 4.39 Å². The Kier molecular flexibility index (Phi) is 3.94. The molecule has 19 heavy (non-hydrogen) atoms. The number of sulfonamides is 1. The van der Waals surface area contributed by atoms with E-state index in [9.17, 15) is 12.8 Å². The highest BCUT2D eigenvalue weighted by atomic mass is 32.2. The maximum Gasteiger partial charge on any atom is 0.241 e. The molecule has 0 bridgehead atoms. The van der Waals surface area contributed by atoms with Crippen molar-refractivity contribution >= 4 is 10.0 Å². The summed E-state index contributed by atoms with van der Waals surface area (Å²) in [6.07, 6.45) is 1.49. The van der Waals surface area contributed by atoms with Crippen molar-refractivity contribution in [2.24, 2.45) is 0 Å². The molecule has 0 spiro atoms. The second kappa shape index (κ2) is 5.19. The molecule has 4 nitrogen and oxygen atoms in total. The van der Waals surface area contributed by atoms with Gasteiger partial charge >= 0.3 is 0 Å². The molecule has 0 saturated carbocycles. The van der Waals surface area contributed by atoms with Gasteiger partial charge in [-0.15, -0.1) is 0 Å². The smallest absolute Gasteiger partial charge is 0.241 e. The minimum Gasteiger partial charge on any atom is -0.317 e. The van der Waals surface area contributed by atoms with Gasteiger partial charge < -0.3 is 5.32 Å². The highest BCUT2D eigenvalue weighted by molar-refractivity contribution is 7.89. The zero-order valence-corrected chi connectivity index (χ0v) is 12.0. The second-order valence-electron chi connectivity index (χ2n) is 5.33. The van der Waals surface area contributed by atoms with Crippen molar-refractivity contribution in [3.05, 3.63) is 29.6 Å². The van der Waals surface area contributed by atoms with E-state index in [0.29, 0.717) is 5.56 Å². The minimum absolute atomic E-state index is 0.147. The summed E-state index contributed by atoms with van der Waals surface area (Å²) < 4.78 is 40.6. The Morgan fingerprint density at radius 2 is 1.95 bits per heavy atom. The molecule has 0 aliphatic carbocycles. The lowest BCUT2D eigenvalue weighted by Crippen LogP contribution is -2.52. The third-order valence-corrected chi connectivity index (χ3v) is 5.31. The van der Waals surface area contributed by atoms with E-state index < -0.39 is 21.4 Å². The van der Waals surface area contributed by atoms with Crippen molar-refractivity contribution in [2.45, 2.75) is 37.1 Å². The molecule has 0 aromatic heterocycles. The molecular formula is C13H19FN2O2S. The van der Waals surface area contributed by atoms with E-state index in [1.807, 2.05) is 6.92 Å². The average Bonchev–Trinajstić information content (AvgIpc) is 2.27. The third kappa shape index (κ3) is 3.32. The van der Waals surface area contributed by atoms with Crippen LogP contribution in [-0.4, -0.2) is 27.0 Å². The van der Waals surface area contributed by atoms with Crippen LogP contribution in [0.5, 0.6) is 0 Å². The maximum absolute atomic E-state index is 13.0. The van der Waals surface area contributed by atoms with Crippen LogP contribution in [0.15, 0.2) is 23.1 Å². The van der Waals surface area contributed by atoms with Gasteiger partial charge in [-0.3, -0.25) is 0 Å². The predicted octanol–water partition coefficient (Wildman–Crippen LogP) is 1.55. The molecule has 1 fully saturated rings. The molecule has 1 saturated heterocycles. The van der Waals surface area contributed by atoms with E-state index >= 15 is 0 Å². The standard InChI is InChI=1S/C13H19FN2O2S/c1-10-9-11(14)3-4-12(10)19(17,18)16-13(2)5-7-15-8-6-13/h3-4,9,15-16H,5-8H2,1-2H3. The van der Waals surface area contributed by atoms with Crippen LogP contribution in [0.25, 0.3) is 0 Å². The molecule has 0 amide bonds. The lowest BCUT2D eigenvalue weighted by Gasteiger charge is -2.34. The quantitative estimate of drug-likeness (QED) is 0.886. The Labute approximate surface area is 113 Å². The summed E-state index contributed by atoms with van der Waals surface area (Å²) in [5.41, 5.74) is -0.0182. The Bertz CT molecular complexity index is 566. The minimum atomic E-state index is -3.61. The molecule has 1 aromatic rings. The summed E-state index contributed by atoms with van der Waals surface area (Å²) in [5.74, 6) is -0.426. The molecule has 106 valence electrons. The molecule has 2 N–H and O–H groups in total. The topological polar surface area (TPSA) is 58.2 Å². The number of rotatable bonds is 3. The molecule has 1 aromatic carbocycles. The van der Waals surface area contributed by atoms with Crippen LogP contribution in [0.2, 0.25) is 0 Å². The fourth-order valence-corrected chi connectivity index (χ4v) is 4.07. The Hall–Kier alpha value is -0.980. The van der Waals surface area contributed by atoms with Gasteiger partial charge in [0.2, 0.25) is 10.0 Å². The van der Waals surface area contributed by atoms with Gasteiger partial charge in [-0.05, 0) is 63.5 Å². The van der Waals surface area contributed by atoms with Gasteiger partial charge in [-0.25, -0.2) is 17.5 Å². The summed E-state index contributed by atoms with van der Waals surface area (Å²) in [6, 6.07) is 3.73. The fourth-order valence-electron chi connectivity index (χ4n) is 2.37. The first-order valence-electron chi connectivity index (χ1n) is 6.33. The first kappa shape index (κ1) is 14.4. The average molecular weight is 286 g/mol. The van der Waals surface area contributed by atoms with E-state index in [0.717, 1.165) is 25.9 Å². The zero-order valence-electron chi connectivity index (χ0n) is 11.2. The van der Waals surface area contributed by atoms with Gasteiger partial charge in [0.15, 0.2) is 0 Å². The normalized spacial score (nSPS) is 19.3. The molecule has 0 atom stereocenters. The highest BCUT2D eigenvalue weighted by Gasteiger charge is 2.32. The lowest BCUT2D eigenvalue weighted by molar-refractivity contribution is 0.308. The van der Waals surface area contributed by atoms with E-state index in [4.69, 9.17) is 0 Å². The Morgan fingerprint density at radius 1 is 1.32 bits per heavy atom. The second-order valence-corrected chi connectivity index (χ2v) is 6.98. The lowest BCUT2D eigenvalue weighted by atomic mass is 9.92. The van der Waals surface area contributed by atoms with Crippen molar-refractivity contribution in [3.8, 4) is 0 Å². The number of aryl methyl sites for hydroxylation is 1. The van der Waals surface area contributed by atoms with Crippen molar-refractivity contribution in [1.29, 1.82) is 0 Å². The number of hydrogen-bond acceptors (Lipinski definition) is 3. The molecule has 6 heteroatoms. The molecule has 1 aliphatic rings. The van der Waals surface area contributed by atoms with E-state index in [1.54, 1.807) is 6.92 Å². The maximum atomic E-state index is 13.0. The molecule has 0 unspecified atom stereocenters. The third-order valence-electron chi connectivity index (χ3n) is 3.51. The molecule has 2 rings (SSSR count). The summed E-state index contributed by atoms with van der Waals surface area (Å²) in [5, 5.41) is 3.20. The summed E-state index contributed by atoms with van der Waals surface area (Å²) in [4.78, 5) is 0.147. The van der Waals surface area contributed by atoms with Gasteiger partial charge in [-0.2, -0.15) is 0 Å². The van der Waals surface area contributed by atoms with Crippen LogP contribution >= 0.6 is 0 Å². The summed E-state index contributed by atoms with van der Waals surface area (Å²) in [6.45, 7) is 5.09. The number of benzene rings is 1. The van der Waals surface area contributed by atoms with Crippen molar-refractivity contribution in [2.75, 3.05) is 13.1 Å². The number of hydrogen-bond donors (Lipinski definition) is 2. The Balaban J connectivity index is 2.27. The molecule has 1 heterocycles. The monoisotopic (exact) mass is 286 g/mol. The van der Waals surface area contributed by atoms with Crippen LogP contribution in [0, 0.1) is 12.7 Å². The molecule has 0 radical (unpaired) electrons. The summed E-state index contributed by atoms with van der Waals surface area (Å²) in [7, 11) is -3.61. The Morgan fingerprint density at radius 3 is 2.53 bits per heavy atom. The van der Waals surface area contributed by atoms with E-state index in [-0.39, 0.29) is 4.90 Å². The zero-order chi connectivity index (χ0) is 14.1. The highest BCUT2D eigenvalue weighted by Crippen LogP contribution is 2.23. The van der Waals surface area contributed by atoms with Crippen molar-refractivity contribution in [3.63, 3.8) is 0 Å². The fraction of sp³-hybridized carbons (Fsp3) is 0.538. The van der Waals surface area contributed by atoms with Gasteiger partial charge in [0, 0.05) is 5.54 Å². The van der Waals surface area contributed by atoms with Crippen molar-refractivity contribution < 1.29 is 12.8 Å². The molecule has 1 aliphatic heterocycles.